The first-order valence-electron chi connectivity index (χ1n) is 5.28. The van der Waals surface area contributed by atoms with Gasteiger partial charge >= 0.3 is 5.97 Å². The maximum Gasteiger partial charge on any atom is 0.303 e. The largest absolute Gasteiger partial charge is 0.481 e. The van der Waals surface area contributed by atoms with Crippen LogP contribution in [0.25, 0.3) is 0 Å². The number of carbonyl (C=O) groups excluding carboxylic acids is 1. The second kappa shape index (κ2) is 5.89. The SMILES string of the molecule is CN(C)c1ccccc1NC(=O)CCC(=O)O. The van der Waals surface area contributed by atoms with Gasteiger partial charge in [0.15, 0.2) is 0 Å². The van der Waals surface area contributed by atoms with Crippen molar-refractivity contribution >= 4 is 23.3 Å². The van der Waals surface area contributed by atoms with Gasteiger partial charge in [-0.1, -0.05) is 12.1 Å². The number of benzene rings is 1. The maximum atomic E-state index is 11.5. The third-order valence-electron chi connectivity index (χ3n) is 2.23. The van der Waals surface area contributed by atoms with Gasteiger partial charge in [0.05, 0.1) is 17.8 Å². The molecule has 0 atom stereocenters. The predicted molar refractivity (Wildman–Crippen MR) is 66.3 cm³/mol. The molecule has 0 aliphatic carbocycles. The molecule has 0 heterocycles. The molecule has 2 N–H and O–H groups in total. The molecule has 5 heteroatoms. The van der Waals surface area contributed by atoms with Crippen molar-refractivity contribution in [2.24, 2.45) is 0 Å². The number of nitrogens with one attached hydrogen (secondary N) is 1. The number of anilines is 2. The van der Waals surface area contributed by atoms with Crippen LogP contribution in [-0.4, -0.2) is 31.1 Å². The third kappa shape index (κ3) is 4.14. The summed E-state index contributed by atoms with van der Waals surface area (Å²) < 4.78 is 0. The quantitative estimate of drug-likeness (QED) is 0.814. The van der Waals surface area contributed by atoms with Crippen LogP contribution in [0.2, 0.25) is 0 Å². The number of hydrogen-bond acceptors (Lipinski definition) is 3. The number of nitrogens with zero attached hydrogens (tertiary/aromatic N) is 1. The predicted octanol–water partition coefficient (Wildman–Crippen LogP) is 1.56. The fourth-order valence-electron chi connectivity index (χ4n) is 1.40. The third-order valence-corrected chi connectivity index (χ3v) is 2.23. The molecule has 0 saturated heterocycles. The highest BCUT2D eigenvalue weighted by Crippen LogP contribution is 2.23. The Morgan fingerprint density at radius 1 is 1.24 bits per heavy atom. The van der Waals surface area contributed by atoms with Crippen molar-refractivity contribution in [1.82, 2.24) is 0 Å². The Bertz CT molecular complexity index is 416. The Morgan fingerprint density at radius 2 is 1.88 bits per heavy atom. The number of para-hydroxylation sites is 2. The molecule has 0 bridgehead atoms. The van der Waals surface area contributed by atoms with Crippen molar-refractivity contribution in [2.45, 2.75) is 12.8 Å². The van der Waals surface area contributed by atoms with E-state index in [1.807, 2.05) is 37.2 Å². The van der Waals surface area contributed by atoms with E-state index < -0.39 is 5.97 Å². The standard InChI is InChI=1S/C12H16N2O3/c1-14(2)10-6-4-3-5-9(10)13-11(15)7-8-12(16)17/h3-6H,7-8H2,1-2H3,(H,13,15)(H,16,17). The highest BCUT2D eigenvalue weighted by atomic mass is 16.4. The summed E-state index contributed by atoms with van der Waals surface area (Å²) in [6.45, 7) is 0. The topological polar surface area (TPSA) is 69.6 Å². The molecular formula is C12H16N2O3. The van der Waals surface area contributed by atoms with Crippen LogP contribution in [0.5, 0.6) is 0 Å². The number of hydrogen-bond donors (Lipinski definition) is 2. The van der Waals surface area contributed by atoms with Gasteiger partial charge in [-0.3, -0.25) is 9.59 Å². The van der Waals surface area contributed by atoms with Crippen molar-refractivity contribution in [3.8, 4) is 0 Å². The van der Waals surface area contributed by atoms with Gasteiger partial charge in [0.2, 0.25) is 5.91 Å². The molecule has 1 amide bonds. The van der Waals surface area contributed by atoms with Crippen LogP contribution in [0.3, 0.4) is 0 Å². The Labute approximate surface area is 100 Å². The Balaban J connectivity index is 2.68. The van der Waals surface area contributed by atoms with E-state index in [2.05, 4.69) is 5.32 Å². The van der Waals surface area contributed by atoms with Crippen LogP contribution in [0.1, 0.15) is 12.8 Å². The molecule has 0 aromatic heterocycles. The maximum absolute atomic E-state index is 11.5. The number of rotatable bonds is 5. The van der Waals surface area contributed by atoms with E-state index in [0.29, 0.717) is 5.69 Å². The summed E-state index contributed by atoms with van der Waals surface area (Å²) in [5, 5.41) is 11.2. The average Bonchev–Trinajstić information content (AvgIpc) is 2.27. The van der Waals surface area contributed by atoms with Gasteiger partial charge in [-0.25, -0.2) is 0 Å². The van der Waals surface area contributed by atoms with Gasteiger partial charge in [-0.15, -0.1) is 0 Å². The molecule has 0 spiro atoms. The van der Waals surface area contributed by atoms with Gasteiger partial charge in [-0.2, -0.15) is 0 Å². The number of carboxylic acid groups (broad SMARTS) is 1. The van der Waals surface area contributed by atoms with E-state index in [-0.39, 0.29) is 18.7 Å². The fraction of sp³-hybridized carbons (Fsp3) is 0.333. The van der Waals surface area contributed by atoms with Gasteiger partial charge in [0.1, 0.15) is 0 Å². The fourth-order valence-corrected chi connectivity index (χ4v) is 1.40. The summed E-state index contributed by atoms with van der Waals surface area (Å²) in [5.74, 6) is -1.26. The second-order valence-corrected chi connectivity index (χ2v) is 3.85. The highest BCUT2D eigenvalue weighted by molar-refractivity contribution is 5.95. The zero-order chi connectivity index (χ0) is 12.8. The molecule has 0 unspecified atom stereocenters. The highest BCUT2D eigenvalue weighted by Gasteiger charge is 2.09. The molecule has 5 nitrogen and oxygen atoms in total. The molecule has 0 fully saturated rings. The normalized spacial score (nSPS) is 9.76. The first-order chi connectivity index (χ1) is 8.00. The van der Waals surface area contributed by atoms with E-state index >= 15 is 0 Å². The lowest BCUT2D eigenvalue weighted by atomic mass is 10.2. The van der Waals surface area contributed by atoms with Crippen LogP contribution in [0.4, 0.5) is 11.4 Å². The number of carboxylic acids is 1. The summed E-state index contributed by atoms with van der Waals surface area (Å²) in [6, 6.07) is 7.36. The lowest BCUT2D eigenvalue weighted by Gasteiger charge is -2.17. The van der Waals surface area contributed by atoms with E-state index in [1.54, 1.807) is 6.07 Å². The van der Waals surface area contributed by atoms with Crippen LogP contribution in [0, 0.1) is 0 Å². The van der Waals surface area contributed by atoms with Crippen LogP contribution < -0.4 is 10.2 Å². The van der Waals surface area contributed by atoms with E-state index in [0.717, 1.165) is 5.69 Å². The first-order valence-corrected chi connectivity index (χ1v) is 5.28. The van der Waals surface area contributed by atoms with Gasteiger partial charge in [0.25, 0.3) is 0 Å². The van der Waals surface area contributed by atoms with Crippen LogP contribution in [-0.2, 0) is 9.59 Å². The molecule has 1 aromatic rings. The smallest absolute Gasteiger partial charge is 0.303 e. The van der Waals surface area contributed by atoms with Crippen molar-refractivity contribution < 1.29 is 14.7 Å². The minimum atomic E-state index is -0.971. The first kappa shape index (κ1) is 13.0. The number of carbonyl (C=O) groups is 2. The lowest BCUT2D eigenvalue weighted by molar-refractivity contribution is -0.138. The molecule has 0 aliphatic rings. The second-order valence-electron chi connectivity index (χ2n) is 3.85. The molecule has 1 aromatic carbocycles. The zero-order valence-electron chi connectivity index (χ0n) is 9.93. The molecule has 0 aliphatic heterocycles. The Hall–Kier alpha value is -2.04. The van der Waals surface area contributed by atoms with E-state index in [4.69, 9.17) is 5.11 Å². The van der Waals surface area contributed by atoms with Crippen molar-refractivity contribution in [3.63, 3.8) is 0 Å². The summed E-state index contributed by atoms with van der Waals surface area (Å²) in [6.07, 6.45) is -0.174. The molecule has 0 saturated carbocycles. The Kier molecular flexibility index (Phi) is 4.51. The van der Waals surface area contributed by atoms with Gasteiger partial charge < -0.3 is 15.3 Å². The number of amides is 1. The van der Waals surface area contributed by atoms with E-state index in [9.17, 15) is 9.59 Å². The van der Waals surface area contributed by atoms with E-state index in [1.165, 1.54) is 0 Å². The zero-order valence-corrected chi connectivity index (χ0v) is 9.93. The molecule has 0 radical (unpaired) electrons. The summed E-state index contributed by atoms with van der Waals surface area (Å²) in [5.41, 5.74) is 1.57. The van der Waals surface area contributed by atoms with Crippen LogP contribution >= 0.6 is 0 Å². The van der Waals surface area contributed by atoms with Gasteiger partial charge in [0, 0.05) is 20.5 Å². The molecule has 17 heavy (non-hydrogen) atoms. The molecular weight excluding hydrogens is 220 g/mol. The monoisotopic (exact) mass is 236 g/mol. The minimum Gasteiger partial charge on any atom is -0.481 e. The number of aliphatic carboxylic acids is 1. The van der Waals surface area contributed by atoms with Crippen molar-refractivity contribution in [1.29, 1.82) is 0 Å². The lowest BCUT2D eigenvalue weighted by Crippen LogP contribution is -2.17. The van der Waals surface area contributed by atoms with Crippen molar-refractivity contribution in [2.75, 3.05) is 24.3 Å². The minimum absolute atomic E-state index is 0.0168. The average molecular weight is 236 g/mol. The summed E-state index contributed by atoms with van der Waals surface area (Å²) in [7, 11) is 3.75. The van der Waals surface area contributed by atoms with Crippen LogP contribution in [0.15, 0.2) is 24.3 Å². The summed E-state index contributed by atoms with van der Waals surface area (Å²) >= 11 is 0. The molecule has 92 valence electrons. The van der Waals surface area contributed by atoms with Gasteiger partial charge in [-0.05, 0) is 12.1 Å². The van der Waals surface area contributed by atoms with Crippen molar-refractivity contribution in [3.05, 3.63) is 24.3 Å². The Morgan fingerprint density at radius 3 is 2.47 bits per heavy atom. The molecule has 1 rings (SSSR count). The summed E-state index contributed by atoms with van der Waals surface area (Å²) in [4.78, 5) is 23.7.